The molecule has 0 fully saturated rings. The average molecular weight is 359 g/mol. The molecule has 0 atom stereocenters. The number of benzene rings is 2. The monoisotopic (exact) mass is 358 g/mol. The zero-order valence-corrected chi connectivity index (χ0v) is 14.5. The predicted molar refractivity (Wildman–Crippen MR) is 96.0 cm³/mol. The Bertz CT molecular complexity index is 700. The molecule has 2 rings (SSSR count). The van der Waals surface area contributed by atoms with Crippen molar-refractivity contribution in [1.82, 2.24) is 5.32 Å². The number of hydrogen-bond donors (Lipinski definition) is 2. The van der Waals surface area contributed by atoms with Gasteiger partial charge in [0.05, 0.1) is 0 Å². The number of aryl methyl sites for hydroxylation is 3. The van der Waals surface area contributed by atoms with Crippen molar-refractivity contribution in [2.45, 2.75) is 20.8 Å². The van der Waals surface area contributed by atoms with E-state index in [0.29, 0.717) is 0 Å². The van der Waals surface area contributed by atoms with Gasteiger partial charge in [0.15, 0.2) is 0 Å². The minimum atomic E-state index is -0.249. The number of carbonyl (C=O) groups excluding carboxylic acids is 1. The molecule has 0 saturated heterocycles. The van der Waals surface area contributed by atoms with Crippen molar-refractivity contribution >= 4 is 33.7 Å². The lowest BCUT2D eigenvalue weighted by Crippen LogP contribution is -2.24. The Hall–Kier alpha value is -2.07. The van der Waals surface area contributed by atoms with Crippen LogP contribution in [0.2, 0.25) is 0 Å². The van der Waals surface area contributed by atoms with Crippen LogP contribution in [-0.2, 0) is 0 Å². The van der Waals surface area contributed by atoms with Gasteiger partial charge >= 0.3 is 6.03 Å². The van der Waals surface area contributed by atoms with Gasteiger partial charge in [0, 0.05) is 16.4 Å². The first-order chi connectivity index (χ1) is 10.5. The SMILES string of the molecule is Cc1cc(C)c(NC(=O)N/C=C/c2cccc(Br)c2)c(C)c1. The molecule has 2 aromatic carbocycles. The second kappa shape index (κ2) is 7.27. The van der Waals surface area contributed by atoms with E-state index >= 15 is 0 Å². The summed E-state index contributed by atoms with van der Waals surface area (Å²) in [5.74, 6) is 0. The zero-order chi connectivity index (χ0) is 16.1. The highest BCUT2D eigenvalue weighted by Gasteiger charge is 2.06. The number of urea groups is 1. The Kier molecular flexibility index (Phi) is 5.39. The number of hydrogen-bond acceptors (Lipinski definition) is 1. The van der Waals surface area contributed by atoms with Crippen molar-refractivity contribution in [2.75, 3.05) is 5.32 Å². The number of amides is 2. The van der Waals surface area contributed by atoms with Gasteiger partial charge in [-0.05, 0) is 55.7 Å². The third-order valence-electron chi connectivity index (χ3n) is 3.25. The number of nitrogens with one attached hydrogen (secondary N) is 2. The van der Waals surface area contributed by atoms with Gasteiger partial charge in [-0.15, -0.1) is 0 Å². The van der Waals surface area contributed by atoms with Gasteiger partial charge in [-0.2, -0.15) is 0 Å². The molecule has 0 spiro atoms. The van der Waals surface area contributed by atoms with Gasteiger partial charge in [-0.25, -0.2) is 4.79 Å². The van der Waals surface area contributed by atoms with E-state index in [0.717, 1.165) is 26.9 Å². The van der Waals surface area contributed by atoms with Gasteiger partial charge in [-0.1, -0.05) is 45.8 Å². The first kappa shape index (κ1) is 16.3. The van der Waals surface area contributed by atoms with Crippen molar-refractivity contribution in [2.24, 2.45) is 0 Å². The van der Waals surface area contributed by atoms with Gasteiger partial charge in [-0.3, -0.25) is 0 Å². The molecule has 0 aromatic heterocycles. The highest BCUT2D eigenvalue weighted by atomic mass is 79.9. The molecule has 0 aliphatic carbocycles. The predicted octanol–water partition coefficient (Wildman–Crippen LogP) is 5.17. The second-order valence-corrected chi connectivity index (χ2v) is 6.18. The van der Waals surface area contributed by atoms with Gasteiger partial charge < -0.3 is 10.6 Å². The highest BCUT2D eigenvalue weighted by Crippen LogP contribution is 2.21. The Morgan fingerprint density at radius 2 is 1.77 bits per heavy atom. The maximum atomic E-state index is 12.0. The van der Waals surface area contributed by atoms with Crippen LogP contribution >= 0.6 is 15.9 Å². The lowest BCUT2D eigenvalue weighted by atomic mass is 10.1. The largest absolute Gasteiger partial charge is 0.323 e. The number of halogens is 1. The molecule has 4 heteroatoms. The van der Waals surface area contributed by atoms with Crippen LogP contribution in [0, 0.1) is 20.8 Å². The molecule has 114 valence electrons. The average Bonchev–Trinajstić information content (AvgIpc) is 2.43. The molecule has 22 heavy (non-hydrogen) atoms. The van der Waals surface area contributed by atoms with Crippen LogP contribution in [0.5, 0.6) is 0 Å². The number of carbonyl (C=O) groups is 1. The summed E-state index contributed by atoms with van der Waals surface area (Å²) in [7, 11) is 0. The van der Waals surface area contributed by atoms with E-state index in [2.05, 4.69) is 38.7 Å². The Morgan fingerprint density at radius 3 is 2.41 bits per heavy atom. The van der Waals surface area contributed by atoms with Gasteiger partial charge in [0.1, 0.15) is 0 Å². The first-order valence-corrected chi connectivity index (χ1v) is 7.82. The van der Waals surface area contributed by atoms with Gasteiger partial charge in [0.2, 0.25) is 0 Å². The fraction of sp³-hybridized carbons (Fsp3) is 0.167. The van der Waals surface area contributed by atoms with Crippen molar-refractivity contribution < 1.29 is 4.79 Å². The topological polar surface area (TPSA) is 41.1 Å². The van der Waals surface area contributed by atoms with Crippen molar-refractivity contribution in [1.29, 1.82) is 0 Å². The lowest BCUT2D eigenvalue weighted by molar-refractivity contribution is 0.255. The van der Waals surface area contributed by atoms with E-state index < -0.39 is 0 Å². The normalized spacial score (nSPS) is 10.7. The summed E-state index contributed by atoms with van der Waals surface area (Å²) in [5.41, 5.74) is 5.18. The smallest absolute Gasteiger partial charge is 0.314 e. The van der Waals surface area contributed by atoms with Crippen LogP contribution < -0.4 is 10.6 Å². The first-order valence-electron chi connectivity index (χ1n) is 7.03. The quantitative estimate of drug-likeness (QED) is 0.780. The number of rotatable bonds is 3. The Labute approximate surface area is 139 Å². The molecule has 0 heterocycles. The minimum Gasteiger partial charge on any atom is -0.314 e. The van der Waals surface area contributed by atoms with E-state index in [-0.39, 0.29) is 6.03 Å². The third kappa shape index (κ3) is 4.46. The van der Waals surface area contributed by atoms with E-state index in [1.807, 2.05) is 51.1 Å². The summed E-state index contributed by atoms with van der Waals surface area (Å²) in [5, 5.41) is 5.62. The standard InChI is InChI=1S/C18H19BrN2O/c1-12-9-13(2)17(14(3)10-12)21-18(22)20-8-7-15-5-4-6-16(19)11-15/h4-11H,1-3H3,(H2,20,21,22)/b8-7+. The van der Waals surface area contributed by atoms with E-state index in [4.69, 9.17) is 0 Å². The maximum absolute atomic E-state index is 12.0. The van der Waals surface area contributed by atoms with E-state index in [9.17, 15) is 4.79 Å². The minimum absolute atomic E-state index is 0.249. The molecule has 3 nitrogen and oxygen atoms in total. The Morgan fingerprint density at radius 1 is 1.09 bits per heavy atom. The van der Waals surface area contributed by atoms with Crippen LogP contribution in [-0.4, -0.2) is 6.03 Å². The summed E-state index contributed by atoms with van der Waals surface area (Å²) < 4.78 is 1.00. The summed E-state index contributed by atoms with van der Waals surface area (Å²) in [6.45, 7) is 6.03. The molecule has 0 bridgehead atoms. The van der Waals surface area contributed by atoms with E-state index in [1.54, 1.807) is 6.20 Å². The molecular formula is C18H19BrN2O. The summed E-state index contributed by atoms with van der Waals surface area (Å²) in [4.78, 5) is 12.0. The molecule has 0 aliphatic rings. The van der Waals surface area contributed by atoms with Crippen molar-refractivity contribution in [3.8, 4) is 0 Å². The molecule has 0 radical (unpaired) electrons. The van der Waals surface area contributed by atoms with Crippen LogP contribution in [0.25, 0.3) is 6.08 Å². The molecule has 2 amide bonds. The maximum Gasteiger partial charge on any atom is 0.323 e. The fourth-order valence-electron chi connectivity index (χ4n) is 2.35. The molecule has 0 saturated carbocycles. The molecule has 2 aromatic rings. The third-order valence-corrected chi connectivity index (χ3v) is 3.75. The van der Waals surface area contributed by atoms with Crippen molar-refractivity contribution in [3.63, 3.8) is 0 Å². The Balaban J connectivity index is 1.99. The highest BCUT2D eigenvalue weighted by molar-refractivity contribution is 9.10. The molecule has 0 unspecified atom stereocenters. The van der Waals surface area contributed by atoms with Crippen LogP contribution in [0.3, 0.4) is 0 Å². The molecular weight excluding hydrogens is 340 g/mol. The second-order valence-electron chi connectivity index (χ2n) is 5.26. The zero-order valence-electron chi connectivity index (χ0n) is 12.9. The van der Waals surface area contributed by atoms with Gasteiger partial charge in [0.25, 0.3) is 0 Å². The van der Waals surface area contributed by atoms with Crippen molar-refractivity contribution in [3.05, 3.63) is 69.3 Å². The summed E-state index contributed by atoms with van der Waals surface area (Å²) >= 11 is 3.42. The molecule has 2 N–H and O–H groups in total. The van der Waals surface area contributed by atoms with Crippen LogP contribution in [0.15, 0.2) is 47.1 Å². The summed E-state index contributed by atoms with van der Waals surface area (Å²) in [6, 6.07) is 11.7. The number of anilines is 1. The van der Waals surface area contributed by atoms with Crippen LogP contribution in [0.1, 0.15) is 22.3 Å². The van der Waals surface area contributed by atoms with Crippen LogP contribution in [0.4, 0.5) is 10.5 Å². The van der Waals surface area contributed by atoms with E-state index in [1.165, 1.54) is 5.56 Å². The fourth-order valence-corrected chi connectivity index (χ4v) is 2.77. The lowest BCUT2D eigenvalue weighted by Gasteiger charge is -2.12. The molecule has 0 aliphatic heterocycles. The summed E-state index contributed by atoms with van der Waals surface area (Å²) in [6.07, 6.45) is 3.48.